The van der Waals surface area contributed by atoms with Crippen molar-refractivity contribution >= 4 is 23.2 Å². The monoisotopic (exact) mass is 228 g/mol. The first-order chi connectivity index (χ1) is 6.97. The predicted molar refractivity (Wildman–Crippen MR) is 55.6 cm³/mol. The fraction of sp³-hybridized carbons (Fsp3) is 0.375. The van der Waals surface area contributed by atoms with Crippen molar-refractivity contribution in [2.45, 2.75) is 19.4 Å². The van der Waals surface area contributed by atoms with Crippen LogP contribution in [0, 0.1) is 0 Å². The number of amides is 2. The number of hydrogen-bond donors (Lipinski definition) is 3. The lowest BCUT2D eigenvalue weighted by molar-refractivity contribution is -0.140. The quantitative estimate of drug-likeness (QED) is 0.275. The van der Waals surface area contributed by atoms with E-state index in [2.05, 4.69) is 10.3 Å². The van der Waals surface area contributed by atoms with Gasteiger partial charge in [-0.25, -0.2) is 10.8 Å². The molecule has 0 unspecified atom stereocenters. The van der Waals surface area contributed by atoms with Crippen LogP contribution in [0.5, 0.6) is 0 Å². The zero-order valence-corrected chi connectivity index (χ0v) is 9.22. The molecule has 1 aromatic rings. The van der Waals surface area contributed by atoms with E-state index in [1.807, 2.05) is 0 Å². The standard InChI is InChI=1S/C8H12N4O2S/c1-8(2,7-10-3-4-15-7)11-5(13)6(14)12-9/h3-4H,9H2,1-2H3,(H,11,13)(H,12,14). The average molecular weight is 228 g/mol. The van der Waals surface area contributed by atoms with Gasteiger partial charge in [0, 0.05) is 11.6 Å². The zero-order chi connectivity index (χ0) is 11.5. The van der Waals surface area contributed by atoms with Crippen molar-refractivity contribution in [1.29, 1.82) is 0 Å². The number of carbonyl (C=O) groups excluding carboxylic acids is 2. The van der Waals surface area contributed by atoms with Crippen LogP contribution in [0.2, 0.25) is 0 Å². The van der Waals surface area contributed by atoms with Gasteiger partial charge in [-0.15, -0.1) is 11.3 Å². The molecule has 1 aromatic heterocycles. The Morgan fingerprint density at radius 1 is 1.47 bits per heavy atom. The number of hydrogen-bond acceptors (Lipinski definition) is 5. The zero-order valence-electron chi connectivity index (χ0n) is 8.40. The minimum Gasteiger partial charge on any atom is -0.336 e. The van der Waals surface area contributed by atoms with E-state index in [-0.39, 0.29) is 0 Å². The van der Waals surface area contributed by atoms with E-state index in [0.29, 0.717) is 0 Å². The second-order valence-electron chi connectivity index (χ2n) is 3.39. The Balaban J connectivity index is 2.73. The number of nitrogens with zero attached hydrogens (tertiary/aromatic N) is 1. The molecule has 4 N–H and O–H groups in total. The number of aromatic nitrogens is 1. The lowest BCUT2D eigenvalue weighted by Gasteiger charge is -2.22. The maximum atomic E-state index is 11.3. The van der Waals surface area contributed by atoms with Crippen LogP contribution >= 0.6 is 11.3 Å². The normalized spacial score (nSPS) is 10.9. The van der Waals surface area contributed by atoms with Crippen molar-refractivity contribution in [3.8, 4) is 0 Å². The summed E-state index contributed by atoms with van der Waals surface area (Å²) in [6.07, 6.45) is 1.64. The smallest absolute Gasteiger partial charge is 0.323 e. The van der Waals surface area contributed by atoms with Crippen LogP contribution in [0.25, 0.3) is 0 Å². The average Bonchev–Trinajstić information content (AvgIpc) is 2.69. The number of nitrogens with two attached hydrogens (primary N) is 1. The molecule has 0 atom stereocenters. The highest BCUT2D eigenvalue weighted by atomic mass is 32.1. The summed E-state index contributed by atoms with van der Waals surface area (Å²) in [5.41, 5.74) is 1.08. The van der Waals surface area contributed by atoms with E-state index < -0.39 is 17.4 Å². The SMILES string of the molecule is CC(C)(NC(=O)C(=O)NN)c1nccs1. The van der Waals surface area contributed by atoms with Crippen LogP contribution < -0.4 is 16.6 Å². The Labute approximate surface area is 90.8 Å². The highest BCUT2D eigenvalue weighted by molar-refractivity contribution is 7.09. The third-order valence-electron chi connectivity index (χ3n) is 1.73. The molecule has 6 nitrogen and oxygen atoms in total. The summed E-state index contributed by atoms with van der Waals surface area (Å²) in [4.78, 5) is 26.2. The molecule has 2 amide bonds. The highest BCUT2D eigenvalue weighted by Crippen LogP contribution is 2.21. The lowest BCUT2D eigenvalue weighted by atomic mass is 10.1. The summed E-state index contributed by atoms with van der Waals surface area (Å²) in [6, 6.07) is 0. The summed E-state index contributed by atoms with van der Waals surface area (Å²) in [5.74, 6) is 3.18. The van der Waals surface area contributed by atoms with Crippen LogP contribution in [-0.4, -0.2) is 16.8 Å². The van der Waals surface area contributed by atoms with Gasteiger partial charge in [0.05, 0.1) is 5.54 Å². The largest absolute Gasteiger partial charge is 0.336 e. The van der Waals surface area contributed by atoms with Crippen LogP contribution in [0.15, 0.2) is 11.6 Å². The molecular weight excluding hydrogens is 216 g/mol. The highest BCUT2D eigenvalue weighted by Gasteiger charge is 2.27. The van der Waals surface area contributed by atoms with Gasteiger partial charge in [-0.3, -0.25) is 15.0 Å². The van der Waals surface area contributed by atoms with Crippen LogP contribution in [-0.2, 0) is 15.1 Å². The molecule has 0 saturated heterocycles. The summed E-state index contributed by atoms with van der Waals surface area (Å²) in [7, 11) is 0. The molecule has 0 spiro atoms. The van der Waals surface area contributed by atoms with Crippen LogP contribution in [0.4, 0.5) is 0 Å². The van der Waals surface area contributed by atoms with Gasteiger partial charge in [-0.2, -0.15) is 0 Å². The van der Waals surface area contributed by atoms with Crippen molar-refractivity contribution in [2.24, 2.45) is 5.84 Å². The van der Waals surface area contributed by atoms with Gasteiger partial charge in [-0.1, -0.05) is 0 Å². The van der Waals surface area contributed by atoms with Gasteiger partial charge in [0.15, 0.2) is 0 Å². The first kappa shape index (κ1) is 11.6. The van der Waals surface area contributed by atoms with Gasteiger partial charge < -0.3 is 5.32 Å². The van der Waals surface area contributed by atoms with Gasteiger partial charge in [0.2, 0.25) is 0 Å². The van der Waals surface area contributed by atoms with Gasteiger partial charge in [-0.05, 0) is 13.8 Å². The maximum Gasteiger partial charge on any atom is 0.323 e. The molecule has 1 rings (SSSR count). The summed E-state index contributed by atoms with van der Waals surface area (Å²) in [6.45, 7) is 3.51. The number of nitrogens with one attached hydrogen (secondary N) is 2. The van der Waals surface area contributed by atoms with Crippen molar-refractivity contribution in [1.82, 2.24) is 15.7 Å². The van der Waals surface area contributed by atoms with Crippen molar-refractivity contribution in [3.63, 3.8) is 0 Å². The number of thiazole rings is 1. The summed E-state index contributed by atoms with van der Waals surface area (Å²) >= 11 is 1.40. The molecule has 0 aliphatic carbocycles. The third-order valence-corrected chi connectivity index (χ3v) is 2.83. The number of carbonyl (C=O) groups is 2. The fourth-order valence-electron chi connectivity index (χ4n) is 0.992. The third kappa shape index (κ3) is 2.74. The van der Waals surface area contributed by atoms with Gasteiger partial charge in [0.1, 0.15) is 5.01 Å². The Kier molecular flexibility index (Phi) is 3.38. The predicted octanol–water partition coefficient (Wildman–Crippen LogP) is -0.516. The van der Waals surface area contributed by atoms with E-state index >= 15 is 0 Å². The number of rotatable bonds is 2. The minimum atomic E-state index is -0.875. The Morgan fingerprint density at radius 2 is 2.13 bits per heavy atom. The molecular formula is C8H12N4O2S. The van der Waals surface area contributed by atoms with E-state index in [1.165, 1.54) is 11.3 Å². The fourth-order valence-corrected chi connectivity index (χ4v) is 1.71. The first-order valence-corrected chi connectivity index (χ1v) is 5.08. The van der Waals surface area contributed by atoms with Gasteiger partial charge in [0.25, 0.3) is 0 Å². The van der Waals surface area contributed by atoms with E-state index in [1.54, 1.807) is 30.9 Å². The minimum absolute atomic E-state index is 0.683. The molecule has 0 bridgehead atoms. The second kappa shape index (κ2) is 4.37. The number of hydrazine groups is 1. The summed E-state index contributed by atoms with van der Waals surface area (Å²) in [5, 5.41) is 5.05. The molecule has 0 radical (unpaired) electrons. The van der Waals surface area contributed by atoms with Crippen molar-refractivity contribution < 1.29 is 9.59 Å². The van der Waals surface area contributed by atoms with Crippen LogP contribution in [0.1, 0.15) is 18.9 Å². The molecule has 0 saturated carbocycles. The molecule has 15 heavy (non-hydrogen) atoms. The van der Waals surface area contributed by atoms with E-state index in [9.17, 15) is 9.59 Å². The lowest BCUT2D eigenvalue weighted by Crippen LogP contribution is -2.49. The Morgan fingerprint density at radius 3 is 2.60 bits per heavy atom. The van der Waals surface area contributed by atoms with Gasteiger partial charge >= 0.3 is 11.8 Å². The molecule has 0 aliphatic rings. The van der Waals surface area contributed by atoms with E-state index in [4.69, 9.17) is 5.84 Å². The van der Waals surface area contributed by atoms with Crippen LogP contribution in [0.3, 0.4) is 0 Å². The molecule has 0 aromatic carbocycles. The van der Waals surface area contributed by atoms with Crippen molar-refractivity contribution in [2.75, 3.05) is 0 Å². The Bertz CT molecular complexity index is 361. The summed E-state index contributed by atoms with van der Waals surface area (Å²) < 4.78 is 0. The molecule has 82 valence electrons. The molecule has 0 fully saturated rings. The molecule has 1 heterocycles. The molecule has 0 aliphatic heterocycles. The Hall–Kier alpha value is -1.47. The first-order valence-electron chi connectivity index (χ1n) is 4.20. The second-order valence-corrected chi connectivity index (χ2v) is 4.28. The maximum absolute atomic E-state index is 11.3. The molecule has 7 heteroatoms. The van der Waals surface area contributed by atoms with E-state index in [0.717, 1.165) is 5.01 Å². The van der Waals surface area contributed by atoms with Crippen molar-refractivity contribution in [3.05, 3.63) is 16.6 Å². The topological polar surface area (TPSA) is 97.1 Å².